The van der Waals surface area contributed by atoms with Gasteiger partial charge in [0.2, 0.25) is 17.7 Å². The van der Waals surface area contributed by atoms with Crippen LogP contribution >= 0.6 is 0 Å². The van der Waals surface area contributed by atoms with Crippen LogP contribution in [0.5, 0.6) is 5.75 Å². The predicted octanol–water partition coefficient (Wildman–Crippen LogP) is 0.730. The maximum Gasteiger partial charge on any atom is 0.408 e. The highest BCUT2D eigenvalue weighted by Gasteiger charge is 2.35. The van der Waals surface area contributed by atoms with Gasteiger partial charge in [-0.05, 0) is 51.8 Å². The molecule has 0 aliphatic rings. The number of nitrogens with two attached hydrogens (primary N) is 1. The van der Waals surface area contributed by atoms with Gasteiger partial charge < -0.3 is 35.8 Å². The number of esters is 1. The number of rotatable bonds is 11. The summed E-state index contributed by atoms with van der Waals surface area (Å²) in [6, 6.07) is 3.13. The molecular formula is C23H34N4O8. The summed E-state index contributed by atoms with van der Waals surface area (Å²) in [5.41, 5.74) is 4.74. The number of carbonyl (C=O) groups excluding carboxylic acids is 5. The van der Waals surface area contributed by atoms with Crippen LogP contribution in [0.15, 0.2) is 24.3 Å². The number of likely N-dealkylation sites (N-methyl/N-ethyl adjacent to an activating group) is 1. The fourth-order valence-electron chi connectivity index (χ4n) is 3.12. The zero-order chi connectivity index (χ0) is 26.8. The molecule has 0 saturated carbocycles. The molecule has 5 N–H and O–H groups in total. The van der Waals surface area contributed by atoms with Crippen molar-refractivity contribution in [2.45, 2.75) is 58.2 Å². The summed E-state index contributed by atoms with van der Waals surface area (Å²) in [7, 11) is 1.17. The second kappa shape index (κ2) is 13.2. The van der Waals surface area contributed by atoms with Gasteiger partial charge in [-0.2, -0.15) is 0 Å². The van der Waals surface area contributed by atoms with E-state index in [0.29, 0.717) is 5.56 Å². The maximum absolute atomic E-state index is 13.6. The predicted molar refractivity (Wildman–Crippen MR) is 125 cm³/mol. The van der Waals surface area contributed by atoms with E-state index in [2.05, 4.69) is 15.4 Å². The van der Waals surface area contributed by atoms with E-state index in [0.717, 1.165) is 0 Å². The molecule has 0 aliphatic carbocycles. The summed E-state index contributed by atoms with van der Waals surface area (Å²) in [6.45, 7) is 6.17. The number of amides is 4. The second-order valence-corrected chi connectivity index (χ2v) is 8.62. The normalized spacial score (nSPS) is 12.6. The van der Waals surface area contributed by atoms with Crippen molar-refractivity contribution in [2.24, 2.45) is 5.73 Å². The summed E-state index contributed by atoms with van der Waals surface area (Å²) in [5.74, 6) is -2.79. The first kappa shape index (κ1) is 29.2. The summed E-state index contributed by atoms with van der Waals surface area (Å²) in [4.78, 5) is 63.1. The van der Waals surface area contributed by atoms with E-state index in [1.165, 1.54) is 36.3 Å². The number of hydrogen-bond donors (Lipinski definition) is 4. The number of benzene rings is 1. The molecule has 0 bridgehead atoms. The number of nitrogens with one attached hydrogen (secondary N) is 2. The number of carbonyl (C=O) groups is 5. The molecule has 12 nitrogen and oxygen atoms in total. The minimum atomic E-state index is -1.23. The van der Waals surface area contributed by atoms with Crippen LogP contribution < -0.4 is 16.4 Å². The van der Waals surface area contributed by atoms with E-state index in [1.54, 1.807) is 27.7 Å². The molecule has 0 spiro atoms. The van der Waals surface area contributed by atoms with Gasteiger partial charge in [0, 0.05) is 13.0 Å². The van der Waals surface area contributed by atoms with Crippen molar-refractivity contribution in [1.82, 2.24) is 15.5 Å². The number of primary amides is 1. The Morgan fingerprint density at radius 1 is 1.11 bits per heavy atom. The average Bonchev–Trinajstić information content (AvgIpc) is 2.77. The van der Waals surface area contributed by atoms with Gasteiger partial charge >= 0.3 is 12.1 Å². The van der Waals surface area contributed by atoms with Gasteiger partial charge in [0.25, 0.3) is 0 Å². The lowest BCUT2D eigenvalue weighted by molar-refractivity contribution is -0.144. The van der Waals surface area contributed by atoms with Gasteiger partial charge in [-0.25, -0.2) is 4.79 Å². The van der Waals surface area contributed by atoms with Crippen molar-refractivity contribution in [3.8, 4) is 5.75 Å². The number of phenolic OH excluding ortho intramolecular Hbond substituents is 1. The van der Waals surface area contributed by atoms with Crippen molar-refractivity contribution in [1.29, 1.82) is 0 Å². The Balaban J connectivity index is 3.33. The highest BCUT2D eigenvalue weighted by molar-refractivity contribution is 5.93. The van der Waals surface area contributed by atoms with Gasteiger partial charge in [-0.3, -0.25) is 19.2 Å². The molecule has 35 heavy (non-hydrogen) atoms. The Hall–Kier alpha value is -3.83. The summed E-state index contributed by atoms with van der Waals surface area (Å²) < 4.78 is 9.77. The number of aromatic hydroxyl groups is 1. The summed E-state index contributed by atoms with van der Waals surface area (Å²) >= 11 is 0. The SMILES string of the molecule is CCN(C(=O)C(CCC(N)=O)NC(=O)OC(C)(C)C)C(C(=O)NCC(=O)OC)c1ccc(O)cc1. The Labute approximate surface area is 204 Å². The van der Waals surface area contributed by atoms with Crippen LogP contribution in [0.3, 0.4) is 0 Å². The number of phenols is 1. The lowest BCUT2D eigenvalue weighted by Gasteiger charge is -2.33. The van der Waals surface area contributed by atoms with Crippen molar-refractivity contribution in [3.05, 3.63) is 29.8 Å². The first-order valence-electron chi connectivity index (χ1n) is 11.0. The number of ether oxygens (including phenoxy) is 2. The molecule has 0 aromatic heterocycles. The van der Waals surface area contributed by atoms with Crippen molar-refractivity contribution >= 4 is 29.8 Å². The molecule has 1 aromatic carbocycles. The van der Waals surface area contributed by atoms with Crippen LogP contribution in [-0.4, -0.2) is 71.6 Å². The average molecular weight is 495 g/mol. The summed E-state index contributed by atoms with van der Waals surface area (Å²) in [6.07, 6.45) is -1.22. The molecule has 0 fully saturated rings. The van der Waals surface area contributed by atoms with E-state index in [1.807, 2.05) is 0 Å². The highest BCUT2D eigenvalue weighted by atomic mass is 16.6. The molecule has 2 atom stereocenters. The smallest absolute Gasteiger partial charge is 0.408 e. The monoisotopic (exact) mass is 494 g/mol. The third-order valence-corrected chi connectivity index (χ3v) is 4.70. The fourth-order valence-corrected chi connectivity index (χ4v) is 3.12. The van der Waals surface area contributed by atoms with Crippen LogP contribution in [-0.2, 0) is 28.7 Å². The Morgan fingerprint density at radius 2 is 1.71 bits per heavy atom. The minimum absolute atomic E-state index is 0.0269. The number of methoxy groups -OCH3 is 1. The zero-order valence-corrected chi connectivity index (χ0v) is 20.6. The van der Waals surface area contributed by atoms with Gasteiger partial charge in [-0.15, -0.1) is 0 Å². The zero-order valence-electron chi connectivity index (χ0n) is 20.6. The third kappa shape index (κ3) is 9.90. The van der Waals surface area contributed by atoms with Crippen molar-refractivity contribution in [2.75, 3.05) is 20.2 Å². The molecule has 0 radical (unpaired) electrons. The first-order valence-corrected chi connectivity index (χ1v) is 11.0. The third-order valence-electron chi connectivity index (χ3n) is 4.70. The lowest BCUT2D eigenvalue weighted by atomic mass is 10.0. The van der Waals surface area contributed by atoms with Crippen LogP contribution in [0.25, 0.3) is 0 Å². The summed E-state index contributed by atoms with van der Waals surface area (Å²) in [5, 5.41) is 14.5. The van der Waals surface area contributed by atoms with Gasteiger partial charge in [0.1, 0.15) is 30.0 Å². The van der Waals surface area contributed by atoms with Crippen LogP contribution in [0.1, 0.15) is 52.1 Å². The molecule has 1 aromatic rings. The van der Waals surface area contributed by atoms with Crippen molar-refractivity contribution in [3.63, 3.8) is 0 Å². The molecule has 0 aliphatic heterocycles. The number of nitrogens with zero attached hydrogens (tertiary/aromatic N) is 1. The highest BCUT2D eigenvalue weighted by Crippen LogP contribution is 2.25. The topological polar surface area (TPSA) is 177 Å². The molecule has 0 heterocycles. The minimum Gasteiger partial charge on any atom is -0.508 e. The van der Waals surface area contributed by atoms with E-state index in [9.17, 15) is 29.1 Å². The molecular weight excluding hydrogens is 460 g/mol. The Kier molecular flexibility index (Phi) is 11.0. The quantitative estimate of drug-likeness (QED) is 0.325. The van der Waals surface area contributed by atoms with Crippen LogP contribution in [0.2, 0.25) is 0 Å². The molecule has 0 saturated heterocycles. The molecule has 194 valence electrons. The van der Waals surface area contributed by atoms with Crippen LogP contribution in [0.4, 0.5) is 4.79 Å². The standard InChI is InChI=1S/C23H34N4O8/c1-6-27(21(32)16(11-12-17(24)29)26-22(33)35-23(2,3)4)19(14-7-9-15(28)10-8-14)20(31)25-13-18(30)34-5/h7-10,16,19,28H,6,11-13H2,1-5H3,(H2,24,29)(H,25,31)(H,26,33). The fraction of sp³-hybridized carbons (Fsp3) is 0.522. The van der Waals surface area contributed by atoms with E-state index in [4.69, 9.17) is 10.5 Å². The Morgan fingerprint density at radius 3 is 2.20 bits per heavy atom. The molecule has 4 amide bonds. The van der Waals surface area contributed by atoms with E-state index in [-0.39, 0.29) is 25.1 Å². The van der Waals surface area contributed by atoms with Gasteiger partial charge in [0.05, 0.1) is 7.11 Å². The van der Waals surface area contributed by atoms with Crippen molar-refractivity contribution < 1.29 is 38.6 Å². The number of hydrogen-bond acceptors (Lipinski definition) is 8. The van der Waals surface area contributed by atoms with E-state index >= 15 is 0 Å². The van der Waals surface area contributed by atoms with Crippen LogP contribution in [0, 0.1) is 0 Å². The lowest BCUT2D eigenvalue weighted by Crippen LogP contribution is -2.53. The van der Waals surface area contributed by atoms with Gasteiger partial charge in [-0.1, -0.05) is 12.1 Å². The molecule has 1 rings (SSSR count). The number of alkyl carbamates (subject to hydrolysis) is 1. The first-order chi connectivity index (χ1) is 16.3. The largest absolute Gasteiger partial charge is 0.508 e. The molecule has 12 heteroatoms. The maximum atomic E-state index is 13.6. The second-order valence-electron chi connectivity index (χ2n) is 8.62. The van der Waals surface area contributed by atoms with E-state index < -0.39 is 54.0 Å². The molecule has 2 unspecified atom stereocenters. The van der Waals surface area contributed by atoms with Gasteiger partial charge in [0.15, 0.2) is 0 Å². The Bertz CT molecular complexity index is 911.